The molecule has 1 N–H and O–H groups in total. The first-order chi connectivity index (χ1) is 15.5. The molecule has 4 rings (SSSR count). The Hall–Kier alpha value is -4.46. The minimum atomic E-state index is -1.22. The first-order valence-corrected chi connectivity index (χ1v) is 9.88. The van der Waals surface area contributed by atoms with Crippen LogP contribution in [0.25, 0.3) is 0 Å². The van der Waals surface area contributed by atoms with Crippen LogP contribution in [0.3, 0.4) is 0 Å². The van der Waals surface area contributed by atoms with E-state index in [2.05, 4.69) is 20.5 Å². The molecule has 8 heteroatoms. The van der Waals surface area contributed by atoms with Gasteiger partial charge in [-0.2, -0.15) is 10.2 Å². The Labute approximate surface area is 184 Å². The van der Waals surface area contributed by atoms with Gasteiger partial charge in [-0.3, -0.25) is 19.9 Å². The molecule has 158 valence electrons. The molecular formula is C24H19N5O3. The highest BCUT2D eigenvalue weighted by Gasteiger charge is 2.40. The smallest absolute Gasteiger partial charge is 0.276 e. The Morgan fingerprint density at radius 3 is 2.16 bits per heavy atom. The zero-order valence-electron chi connectivity index (χ0n) is 17.2. The molecule has 1 fully saturated rings. The predicted octanol–water partition coefficient (Wildman–Crippen LogP) is 5.01. The highest BCUT2D eigenvalue weighted by molar-refractivity contribution is 6.32. The summed E-state index contributed by atoms with van der Waals surface area (Å²) >= 11 is 0. The summed E-state index contributed by atoms with van der Waals surface area (Å²) in [5.74, 6) is -2.58. The van der Waals surface area contributed by atoms with E-state index in [-0.39, 0.29) is 0 Å². The van der Waals surface area contributed by atoms with Crippen LogP contribution in [0.15, 0.2) is 94.1 Å². The molecule has 4 amide bonds. The van der Waals surface area contributed by atoms with Crippen molar-refractivity contribution in [2.45, 2.75) is 6.92 Å². The SMILES string of the molecule is Cc1cccc(N2C(=O)NC(=O)[C@H](C=Nc3ccc(N=Nc4ccccc4)cc3)C2=O)c1. The molecule has 0 bridgehead atoms. The number of barbiturate groups is 1. The molecule has 3 aromatic carbocycles. The third kappa shape index (κ3) is 4.65. The van der Waals surface area contributed by atoms with E-state index < -0.39 is 23.8 Å². The van der Waals surface area contributed by atoms with Crippen molar-refractivity contribution in [1.82, 2.24) is 5.32 Å². The first-order valence-electron chi connectivity index (χ1n) is 9.88. The van der Waals surface area contributed by atoms with Gasteiger partial charge in [0.2, 0.25) is 5.91 Å². The van der Waals surface area contributed by atoms with E-state index in [1.165, 1.54) is 6.21 Å². The maximum absolute atomic E-state index is 12.9. The molecule has 8 nitrogen and oxygen atoms in total. The van der Waals surface area contributed by atoms with Gasteiger partial charge in [-0.15, -0.1) is 0 Å². The molecule has 0 radical (unpaired) electrons. The zero-order chi connectivity index (χ0) is 22.5. The molecule has 0 unspecified atom stereocenters. The van der Waals surface area contributed by atoms with Gasteiger partial charge in [0.25, 0.3) is 5.91 Å². The molecule has 1 atom stereocenters. The molecule has 0 saturated carbocycles. The van der Waals surface area contributed by atoms with Gasteiger partial charge < -0.3 is 0 Å². The van der Waals surface area contributed by atoms with Crippen molar-refractivity contribution in [2.75, 3.05) is 4.90 Å². The van der Waals surface area contributed by atoms with Crippen LogP contribution in [0.2, 0.25) is 0 Å². The average Bonchev–Trinajstić information content (AvgIpc) is 2.79. The molecule has 1 saturated heterocycles. The van der Waals surface area contributed by atoms with Gasteiger partial charge in [0.1, 0.15) is 0 Å². The number of benzene rings is 3. The summed E-state index contributed by atoms with van der Waals surface area (Å²) < 4.78 is 0. The monoisotopic (exact) mass is 425 g/mol. The lowest BCUT2D eigenvalue weighted by atomic mass is 10.1. The molecule has 0 aliphatic carbocycles. The number of nitrogens with zero attached hydrogens (tertiary/aromatic N) is 4. The van der Waals surface area contributed by atoms with Gasteiger partial charge in [0.15, 0.2) is 5.92 Å². The molecular weight excluding hydrogens is 406 g/mol. The predicted molar refractivity (Wildman–Crippen MR) is 121 cm³/mol. The number of amides is 4. The van der Waals surface area contributed by atoms with E-state index in [1.54, 1.807) is 42.5 Å². The zero-order valence-corrected chi connectivity index (χ0v) is 17.2. The van der Waals surface area contributed by atoms with Crippen LogP contribution >= 0.6 is 0 Å². The number of azo groups is 1. The Bertz CT molecular complexity index is 1220. The van der Waals surface area contributed by atoms with E-state index in [9.17, 15) is 14.4 Å². The topological polar surface area (TPSA) is 104 Å². The van der Waals surface area contributed by atoms with Crippen molar-refractivity contribution >= 4 is 46.8 Å². The van der Waals surface area contributed by atoms with Crippen LogP contribution in [-0.4, -0.2) is 24.1 Å². The summed E-state index contributed by atoms with van der Waals surface area (Å²) in [6, 6.07) is 22.3. The second-order valence-electron chi connectivity index (χ2n) is 7.11. The fourth-order valence-electron chi connectivity index (χ4n) is 3.11. The van der Waals surface area contributed by atoms with E-state index in [0.29, 0.717) is 17.1 Å². The molecule has 0 spiro atoms. The average molecular weight is 425 g/mol. The van der Waals surface area contributed by atoms with E-state index in [1.807, 2.05) is 43.3 Å². The first kappa shape index (κ1) is 20.8. The highest BCUT2D eigenvalue weighted by atomic mass is 16.2. The summed E-state index contributed by atoms with van der Waals surface area (Å²) in [6.07, 6.45) is 1.24. The third-order valence-corrected chi connectivity index (χ3v) is 4.72. The lowest BCUT2D eigenvalue weighted by molar-refractivity contribution is -0.131. The molecule has 32 heavy (non-hydrogen) atoms. The van der Waals surface area contributed by atoms with Crippen molar-refractivity contribution in [2.24, 2.45) is 21.1 Å². The minimum Gasteiger partial charge on any atom is -0.276 e. The van der Waals surface area contributed by atoms with Crippen LogP contribution in [0.4, 0.5) is 27.5 Å². The van der Waals surface area contributed by atoms with Gasteiger partial charge in [0.05, 0.1) is 22.7 Å². The Kier molecular flexibility index (Phi) is 5.94. The van der Waals surface area contributed by atoms with Crippen LogP contribution < -0.4 is 10.2 Å². The van der Waals surface area contributed by atoms with Gasteiger partial charge in [-0.25, -0.2) is 9.69 Å². The molecule has 1 heterocycles. The number of aryl methyl sites for hydroxylation is 1. The van der Waals surface area contributed by atoms with Crippen LogP contribution in [0, 0.1) is 12.8 Å². The van der Waals surface area contributed by atoms with Crippen molar-refractivity contribution in [3.05, 3.63) is 84.4 Å². The van der Waals surface area contributed by atoms with Crippen LogP contribution in [-0.2, 0) is 9.59 Å². The van der Waals surface area contributed by atoms with Crippen molar-refractivity contribution in [3.8, 4) is 0 Å². The maximum Gasteiger partial charge on any atom is 0.335 e. The van der Waals surface area contributed by atoms with Crippen LogP contribution in [0.1, 0.15) is 5.56 Å². The fraction of sp³-hybridized carbons (Fsp3) is 0.0833. The summed E-state index contributed by atoms with van der Waals surface area (Å²) in [5.41, 5.74) is 3.18. The number of hydrogen-bond donors (Lipinski definition) is 1. The summed E-state index contributed by atoms with van der Waals surface area (Å²) in [4.78, 5) is 42.6. The molecule has 3 aromatic rings. The van der Waals surface area contributed by atoms with E-state index in [4.69, 9.17) is 0 Å². The number of anilines is 1. The lowest BCUT2D eigenvalue weighted by Gasteiger charge is -2.28. The second-order valence-corrected chi connectivity index (χ2v) is 7.11. The number of rotatable bonds is 5. The molecule has 1 aliphatic rings. The van der Waals surface area contributed by atoms with Gasteiger partial charge in [-0.05, 0) is 61.0 Å². The molecule has 0 aromatic heterocycles. The third-order valence-electron chi connectivity index (χ3n) is 4.72. The number of carbonyl (C=O) groups is 3. The Balaban J connectivity index is 1.49. The number of nitrogens with one attached hydrogen (secondary N) is 1. The summed E-state index contributed by atoms with van der Waals surface area (Å²) in [7, 11) is 0. The maximum atomic E-state index is 12.9. The van der Waals surface area contributed by atoms with Gasteiger partial charge in [-0.1, -0.05) is 30.3 Å². The standard InChI is InChI=1S/C24H19N5O3/c1-16-6-5-9-20(14-16)29-23(31)21(22(30)26-24(29)32)15-25-17-10-12-19(13-11-17)28-27-18-7-3-2-4-8-18/h2-15,21H,1H3,(H,26,30,32)/t21-/m0/s1. The fourth-order valence-corrected chi connectivity index (χ4v) is 3.11. The van der Waals surface area contributed by atoms with Crippen molar-refractivity contribution < 1.29 is 14.4 Å². The molecule has 1 aliphatic heterocycles. The summed E-state index contributed by atoms with van der Waals surface area (Å²) in [6.45, 7) is 1.85. The quantitative estimate of drug-likeness (QED) is 0.353. The van der Waals surface area contributed by atoms with Gasteiger partial charge in [0, 0.05) is 6.21 Å². The second kappa shape index (κ2) is 9.13. The number of imide groups is 2. The lowest BCUT2D eigenvalue weighted by Crippen LogP contribution is -2.58. The highest BCUT2D eigenvalue weighted by Crippen LogP contribution is 2.23. The van der Waals surface area contributed by atoms with Crippen molar-refractivity contribution in [1.29, 1.82) is 0 Å². The van der Waals surface area contributed by atoms with Gasteiger partial charge >= 0.3 is 6.03 Å². The summed E-state index contributed by atoms with van der Waals surface area (Å²) in [5, 5.41) is 10.5. The van der Waals surface area contributed by atoms with Crippen LogP contribution in [0.5, 0.6) is 0 Å². The largest absolute Gasteiger partial charge is 0.335 e. The van der Waals surface area contributed by atoms with E-state index in [0.717, 1.165) is 16.2 Å². The van der Waals surface area contributed by atoms with Crippen molar-refractivity contribution in [3.63, 3.8) is 0 Å². The number of carbonyl (C=O) groups excluding carboxylic acids is 3. The minimum absolute atomic E-state index is 0.395. The Morgan fingerprint density at radius 2 is 1.47 bits per heavy atom. The number of urea groups is 1. The van der Waals surface area contributed by atoms with E-state index >= 15 is 0 Å². The normalized spacial score (nSPS) is 16.7. The number of aliphatic imine (C=N–C) groups is 1. The number of hydrogen-bond acceptors (Lipinski definition) is 6. The Morgan fingerprint density at radius 1 is 0.812 bits per heavy atom.